The summed E-state index contributed by atoms with van der Waals surface area (Å²) in [6, 6.07) is 15.3. The SMILES string of the molecule is C=CC(CCCCC)c1ccc2ccccc2c1. The van der Waals surface area contributed by atoms with Crippen LogP contribution in [0, 0.1) is 0 Å². The topological polar surface area (TPSA) is 0 Å². The fraction of sp³-hybridized carbons (Fsp3) is 0.333. The molecule has 2 aromatic carbocycles. The molecule has 2 rings (SSSR count). The molecule has 0 aliphatic carbocycles. The summed E-state index contributed by atoms with van der Waals surface area (Å²) in [5.74, 6) is 0.501. The second kappa shape index (κ2) is 6.39. The van der Waals surface area contributed by atoms with E-state index in [1.807, 2.05) is 0 Å². The molecule has 0 nitrogen and oxygen atoms in total. The van der Waals surface area contributed by atoms with Crippen LogP contribution in [0.1, 0.15) is 44.1 Å². The van der Waals surface area contributed by atoms with Crippen molar-refractivity contribution in [3.05, 3.63) is 60.7 Å². The van der Waals surface area contributed by atoms with Crippen molar-refractivity contribution in [1.29, 1.82) is 0 Å². The van der Waals surface area contributed by atoms with Gasteiger partial charge in [0.2, 0.25) is 0 Å². The second-order valence-electron chi connectivity index (χ2n) is 4.94. The fourth-order valence-electron chi connectivity index (χ4n) is 2.47. The monoisotopic (exact) mass is 238 g/mol. The van der Waals surface area contributed by atoms with Gasteiger partial charge in [0.25, 0.3) is 0 Å². The molecule has 0 bridgehead atoms. The Hall–Kier alpha value is -1.56. The first-order valence-corrected chi connectivity index (χ1v) is 6.96. The molecule has 0 N–H and O–H groups in total. The molecular formula is C18H22. The van der Waals surface area contributed by atoms with Gasteiger partial charge in [-0.2, -0.15) is 0 Å². The van der Waals surface area contributed by atoms with Gasteiger partial charge in [0.05, 0.1) is 0 Å². The molecule has 0 saturated heterocycles. The highest BCUT2D eigenvalue weighted by atomic mass is 14.1. The smallest absolute Gasteiger partial charge is 0.00155 e. The predicted octanol–water partition coefficient (Wildman–Crippen LogP) is 5.69. The minimum absolute atomic E-state index is 0.501. The maximum Gasteiger partial charge on any atom is 0.00155 e. The number of hydrogen-bond donors (Lipinski definition) is 0. The number of hydrogen-bond acceptors (Lipinski definition) is 0. The Labute approximate surface area is 110 Å². The molecule has 0 heterocycles. The quantitative estimate of drug-likeness (QED) is 0.448. The zero-order chi connectivity index (χ0) is 12.8. The van der Waals surface area contributed by atoms with E-state index in [2.05, 4.69) is 62.0 Å². The Morgan fingerprint density at radius 1 is 1.06 bits per heavy atom. The van der Waals surface area contributed by atoms with E-state index in [-0.39, 0.29) is 0 Å². The Bertz CT molecular complexity index is 510. The van der Waals surface area contributed by atoms with Crippen molar-refractivity contribution in [3.63, 3.8) is 0 Å². The maximum absolute atomic E-state index is 4.00. The zero-order valence-corrected chi connectivity index (χ0v) is 11.2. The highest BCUT2D eigenvalue weighted by Gasteiger charge is 2.07. The van der Waals surface area contributed by atoms with Crippen LogP contribution in [0.25, 0.3) is 10.8 Å². The molecule has 0 amide bonds. The molecule has 1 unspecified atom stereocenters. The number of rotatable bonds is 6. The molecule has 18 heavy (non-hydrogen) atoms. The van der Waals surface area contributed by atoms with Crippen molar-refractivity contribution in [1.82, 2.24) is 0 Å². The van der Waals surface area contributed by atoms with Crippen LogP contribution in [0.15, 0.2) is 55.1 Å². The third-order valence-corrected chi connectivity index (χ3v) is 3.60. The zero-order valence-electron chi connectivity index (χ0n) is 11.2. The van der Waals surface area contributed by atoms with Crippen LogP contribution in [0.4, 0.5) is 0 Å². The van der Waals surface area contributed by atoms with E-state index < -0.39 is 0 Å². The lowest BCUT2D eigenvalue weighted by Gasteiger charge is -2.13. The van der Waals surface area contributed by atoms with Gasteiger partial charge in [-0.15, -0.1) is 6.58 Å². The van der Waals surface area contributed by atoms with Crippen LogP contribution in [0.3, 0.4) is 0 Å². The molecule has 0 heteroatoms. The van der Waals surface area contributed by atoms with Crippen LogP contribution in [-0.2, 0) is 0 Å². The molecular weight excluding hydrogens is 216 g/mol. The van der Waals surface area contributed by atoms with Gasteiger partial charge in [0.1, 0.15) is 0 Å². The van der Waals surface area contributed by atoms with Crippen LogP contribution < -0.4 is 0 Å². The molecule has 0 spiro atoms. The minimum Gasteiger partial charge on any atom is -0.102 e. The van der Waals surface area contributed by atoms with E-state index in [1.165, 1.54) is 42.0 Å². The summed E-state index contributed by atoms with van der Waals surface area (Å²) >= 11 is 0. The first-order valence-electron chi connectivity index (χ1n) is 6.96. The lowest BCUT2D eigenvalue weighted by molar-refractivity contribution is 0.629. The van der Waals surface area contributed by atoms with Gasteiger partial charge in [-0.25, -0.2) is 0 Å². The summed E-state index contributed by atoms with van der Waals surface area (Å²) in [6.45, 7) is 6.25. The largest absolute Gasteiger partial charge is 0.102 e. The second-order valence-corrected chi connectivity index (χ2v) is 4.94. The Morgan fingerprint density at radius 2 is 1.83 bits per heavy atom. The molecule has 0 saturated carbocycles. The van der Waals surface area contributed by atoms with Gasteiger partial charge in [0, 0.05) is 5.92 Å². The molecule has 94 valence electrons. The number of allylic oxidation sites excluding steroid dienone is 1. The standard InChI is InChI=1S/C18H22/c1-3-5-6-9-15(4-2)18-13-12-16-10-7-8-11-17(16)14-18/h4,7-8,10-15H,2-3,5-6,9H2,1H3. The van der Waals surface area contributed by atoms with Crippen molar-refractivity contribution < 1.29 is 0 Å². The summed E-state index contributed by atoms with van der Waals surface area (Å²) in [7, 11) is 0. The third-order valence-electron chi connectivity index (χ3n) is 3.60. The van der Waals surface area contributed by atoms with Crippen molar-refractivity contribution in [2.75, 3.05) is 0 Å². The summed E-state index contributed by atoms with van der Waals surface area (Å²) in [5, 5.41) is 2.65. The van der Waals surface area contributed by atoms with Crippen molar-refractivity contribution in [2.45, 2.75) is 38.5 Å². The lowest BCUT2D eigenvalue weighted by Crippen LogP contribution is -1.95. The minimum atomic E-state index is 0.501. The van der Waals surface area contributed by atoms with E-state index in [4.69, 9.17) is 0 Å². The van der Waals surface area contributed by atoms with Gasteiger partial charge in [-0.05, 0) is 22.8 Å². The fourth-order valence-corrected chi connectivity index (χ4v) is 2.47. The van der Waals surface area contributed by atoms with Gasteiger partial charge in [-0.3, -0.25) is 0 Å². The van der Waals surface area contributed by atoms with Gasteiger partial charge >= 0.3 is 0 Å². The van der Waals surface area contributed by atoms with Crippen LogP contribution >= 0.6 is 0 Å². The van der Waals surface area contributed by atoms with Gasteiger partial charge in [0.15, 0.2) is 0 Å². The summed E-state index contributed by atoms with van der Waals surface area (Å²) in [4.78, 5) is 0. The lowest BCUT2D eigenvalue weighted by atomic mass is 9.92. The Balaban J connectivity index is 2.19. The number of fused-ring (bicyclic) bond motifs is 1. The normalized spacial score (nSPS) is 12.5. The van der Waals surface area contributed by atoms with Gasteiger partial charge < -0.3 is 0 Å². The molecule has 0 aliphatic rings. The number of unbranched alkanes of at least 4 members (excludes halogenated alkanes) is 2. The van der Waals surface area contributed by atoms with E-state index in [9.17, 15) is 0 Å². The number of benzene rings is 2. The molecule has 0 fully saturated rings. The molecule has 0 aromatic heterocycles. The maximum atomic E-state index is 4.00. The molecule has 2 aromatic rings. The average Bonchev–Trinajstić information content (AvgIpc) is 2.43. The van der Waals surface area contributed by atoms with Crippen molar-refractivity contribution in [3.8, 4) is 0 Å². The molecule has 1 atom stereocenters. The highest BCUT2D eigenvalue weighted by Crippen LogP contribution is 2.26. The summed E-state index contributed by atoms with van der Waals surface area (Å²) < 4.78 is 0. The summed E-state index contributed by atoms with van der Waals surface area (Å²) in [5.41, 5.74) is 1.40. The Kier molecular flexibility index (Phi) is 4.58. The molecule has 0 aliphatic heterocycles. The average molecular weight is 238 g/mol. The Morgan fingerprint density at radius 3 is 2.56 bits per heavy atom. The van der Waals surface area contributed by atoms with E-state index >= 15 is 0 Å². The van der Waals surface area contributed by atoms with Crippen LogP contribution in [0.2, 0.25) is 0 Å². The van der Waals surface area contributed by atoms with Crippen LogP contribution in [0.5, 0.6) is 0 Å². The highest BCUT2D eigenvalue weighted by molar-refractivity contribution is 5.83. The van der Waals surface area contributed by atoms with Crippen molar-refractivity contribution >= 4 is 10.8 Å². The van der Waals surface area contributed by atoms with Crippen molar-refractivity contribution in [2.24, 2.45) is 0 Å². The molecule has 0 radical (unpaired) electrons. The van der Waals surface area contributed by atoms with E-state index in [0.717, 1.165) is 0 Å². The van der Waals surface area contributed by atoms with E-state index in [1.54, 1.807) is 0 Å². The first-order chi connectivity index (χ1) is 8.85. The first kappa shape index (κ1) is 12.9. The predicted molar refractivity (Wildman–Crippen MR) is 81.0 cm³/mol. The summed E-state index contributed by atoms with van der Waals surface area (Å²) in [6.07, 6.45) is 7.20. The van der Waals surface area contributed by atoms with Gasteiger partial charge in [-0.1, -0.05) is 74.7 Å². The third kappa shape index (κ3) is 3.01. The van der Waals surface area contributed by atoms with E-state index in [0.29, 0.717) is 5.92 Å². The van der Waals surface area contributed by atoms with Crippen LogP contribution in [-0.4, -0.2) is 0 Å².